The Balaban J connectivity index is 2.35. The van der Waals surface area contributed by atoms with Gasteiger partial charge in [0.1, 0.15) is 0 Å². The summed E-state index contributed by atoms with van der Waals surface area (Å²) in [5.74, 6) is 0.470. The van der Waals surface area contributed by atoms with Gasteiger partial charge in [-0.15, -0.1) is 0 Å². The van der Waals surface area contributed by atoms with Crippen molar-refractivity contribution in [3.05, 3.63) is 0 Å². The number of nitrogens with zero attached hydrogens (tertiary/aromatic N) is 1. The van der Waals surface area contributed by atoms with Gasteiger partial charge >= 0.3 is 0 Å². The Labute approximate surface area is 81.9 Å². The van der Waals surface area contributed by atoms with Crippen LogP contribution in [0.1, 0.15) is 39.5 Å². The molecule has 2 unspecified atom stereocenters. The van der Waals surface area contributed by atoms with Gasteiger partial charge in [-0.05, 0) is 38.3 Å². The summed E-state index contributed by atoms with van der Waals surface area (Å²) < 4.78 is 0. The molecule has 1 saturated heterocycles. The molecule has 1 aliphatic heterocycles. The predicted octanol–water partition coefficient (Wildman–Crippen LogP) is 1.88. The average molecular weight is 185 g/mol. The van der Waals surface area contributed by atoms with E-state index in [-0.39, 0.29) is 0 Å². The quantitative estimate of drug-likeness (QED) is 0.723. The Bertz CT molecular complexity index is 138. The van der Waals surface area contributed by atoms with Gasteiger partial charge in [-0.2, -0.15) is 0 Å². The summed E-state index contributed by atoms with van der Waals surface area (Å²) in [6.45, 7) is 7.15. The lowest BCUT2D eigenvalue weighted by Crippen LogP contribution is -2.40. The van der Waals surface area contributed by atoms with Crippen molar-refractivity contribution in [2.75, 3.05) is 19.7 Å². The van der Waals surface area contributed by atoms with Crippen molar-refractivity contribution >= 4 is 0 Å². The van der Waals surface area contributed by atoms with E-state index in [4.69, 9.17) is 5.11 Å². The number of hydrogen-bond donors (Lipinski definition) is 1. The molecule has 1 heterocycles. The van der Waals surface area contributed by atoms with Crippen LogP contribution in [0, 0.1) is 5.92 Å². The van der Waals surface area contributed by atoms with Crippen LogP contribution in [0.3, 0.4) is 0 Å². The number of aliphatic hydroxyl groups is 1. The minimum atomic E-state index is 0.341. The molecule has 0 aromatic heterocycles. The molecule has 2 nitrogen and oxygen atoms in total. The van der Waals surface area contributed by atoms with Crippen LogP contribution < -0.4 is 0 Å². The minimum Gasteiger partial charge on any atom is -0.396 e. The summed E-state index contributed by atoms with van der Waals surface area (Å²) in [6, 6.07) is 0.737. The zero-order chi connectivity index (χ0) is 9.68. The Hall–Kier alpha value is -0.0800. The summed E-state index contributed by atoms with van der Waals surface area (Å²) in [5.41, 5.74) is 0. The first-order chi connectivity index (χ1) is 6.27. The van der Waals surface area contributed by atoms with Gasteiger partial charge in [0, 0.05) is 12.6 Å². The molecule has 0 spiro atoms. The molecule has 0 bridgehead atoms. The maximum absolute atomic E-state index is 9.01. The van der Waals surface area contributed by atoms with Gasteiger partial charge in [-0.25, -0.2) is 0 Å². The molecule has 0 aromatic rings. The van der Waals surface area contributed by atoms with Gasteiger partial charge in [0.15, 0.2) is 0 Å². The molecular weight excluding hydrogens is 162 g/mol. The summed E-state index contributed by atoms with van der Waals surface area (Å²) in [7, 11) is 0. The molecule has 13 heavy (non-hydrogen) atoms. The predicted molar refractivity (Wildman–Crippen MR) is 55.8 cm³/mol. The normalized spacial score (nSPS) is 27.5. The van der Waals surface area contributed by atoms with Crippen molar-refractivity contribution in [2.45, 2.75) is 45.6 Å². The number of aliphatic hydroxyl groups excluding tert-OH is 1. The van der Waals surface area contributed by atoms with Crippen molar-refractivity contribution in [2.24, 2.45) is 5.92 Å². The molecule has 1 rings (SSSR count). The highest BCUT2D eigenvalue weighted by molar-refractivity contribution is 4.77. The summed E-state index contributed by atoms with van der Waals surface area (Å²) >= 11 is 0. The van der Waals surface area contributed by atoms with Crippen molar-refractivity contribution < 1.29 is 5.11 Å². The van der Waals surface area contributed by atoms with E-state index in [1.807, 2.05) is 0 Å². The third kappa shape index (κ3) is 3.28. The van der Waals surface area contributed by atoms with Crippen LogP contribution in [0.4, 0.5) is 0 Å². The van der Waals surface area contributed by atoms with E-state index >= 15 is 0 Å². The minimum absolute atomic E-state index is 0.341. The largest absolute Gasteiger partial charge is 0.396 e. The second-order valence-electron chi connectivity index (χ2n) is 4.30. The molecule has 0 radical (unpaired) electrons. The molecule has 0 aliphatic carbocycles. The Morgan fingerprint density at radius 2 is 2.23 bits per heavy atom. The van der Waals surface area contributed by atoms with Crippen molar-refractivity contribution in [3.8, 4) is 0 Å². The average Bonchev–Trinajstić information content (AvgIpc) is 2.18. The summed E-state index contributed by atoms with van der Waals surface area (Å²) in [5, 5.41) is 9.01. The Morgan fingerprint density at radius 3 is 2.85 bits per heavy atom. The second-order valence-corrected chi connectivity index (χ2v) is 4.30. The molecule has 1 fully saturated rings. The highest BCUT2D eigenvalue weighted by atomic mass is 16.3. The van der Waals surface area contributed by atoms with Gasteiger partial charge < -0.3 is 10.0 Å². The Morgan fingerprint density at radius 1 is 1.46 bits per heavy atom. The molecular formula is C11H23NO. The van der Waals surface area contributed by atoms with Crippen LogP contribution in [-0.2, 0) is 0 Å². The Kier molecular flexibility index (Phi) is 4.74. The molecule has 0 saturated carbocycles. The van der Waals surface area contributed by atoms with E-state index in [1.165, 1.54) is 38.8 Å². The molecule has 78 valence electrons. The van der Waals surface area contributed by atoms with E-state index in [0.717, 1.165) is 6.04 Å². The van der Waals surface area contributed by atoms with Crippen molar-refractivity contribution in [3.63, 3.8) is 0 Å². The van der Waals surface area contributed by atoms with Crippen LogP contribution >= 0.6 is 0 Å². The molecule has 0 aromatic carbocycles. The first kappa shape index (κ1) is 11.0. The summed E-state index contributed by atoms with van der Waals surface area (Å²) in [6.07, 6.45) is 5.24. The molecule has 1 N–H and O–H groups in total. The van der Waals surface area contributed by atoms with Gasteiger partial charge in [0.2, 0.25) is 0 Å². The number of rotatable bonds is 4. The van der Waals surface area contributed by atoms with Crippen LogP contribution in [0.2, 0.25) is 0 Å². The maximum Gasteiger partial charge on any atom is 0.0457 e. The van der Waals surface area contributed by atoms with Crippen LogP contribution in [0.5, 0.6) is 0 Å². The van der Waals surface area contributed by atoms with Gasteiger partial charge in [0.25, 0.3) is 0 Å². The number of piperidine rings is 1. The molecule has 0 amide bonds. The molecule has 2 atom stereocenters. The molecule has 2 heteroatoms. The number of hydrogen-bond acceptors (Lipinski definition) is 2. The smallest absolute Gasteiger partial charge is 0.0457 e. The highest BCUT2D eigenvalue weighted by Crippen LogP contribution is 2.22. The van der Waals surface area contributed by atoms with Gasteiger partial charge in [-0.3, -0.25) is 0 Å². The van der Waals surface area contributed by atoms with Crippen LogP contribution in [0.15, 0.2) is 0 Å². The third-order valence-corrected chi connectivity index (χ3v) is 3.14. The second kappa shape index (κ2) is 5.61. The standard InChI is InChI=1S/C11H23NO/c1-3-12-7-5-4-6-11(12)8-10(2)9-13/h10-11,13H,3-9H2,1-2H3. The molecule has 1 aliphatic rings. The van der Waals surface area contributed by atoms with E-state index in [1.54, 1.807) is 0 Å². The first-order valence-corrected chi connectivity index (χ1v) is 5.62. The van der Waals surface area contributed by atoms with Crippen molar-refractivity contribution in [1.82, 2.24) is 4.90 Å². The van der Waals surface area contributed by atoms with Crippen LogP contribution in [0.25, 0.3) is 0 Å². The zero-order valence-corrected chi connectivity index (χ0v) is 9.00. The van der Waals surface area contributed by atoms with Crippen LogP contribution in [-0.4, -0.2) is 35.7 Å². The van der Waals surface area contributed by atoms with Gasteiger partial charge in [0.05, 0.1) is 0 Å². The lowest BCUT2D eigenvalue weighted by molar-refractivity contribution is 0.117. The zero-order valence-electron chi connectivity index (χ0n) is 9.00. The number of likely N-dealkylation sites (tertiary alicyclic amines) is 1. The van der Waals surface area contributed by atoms with E-state index in [0.29, 0.717) is 12.5 Å². The maximum atomic E-state index is 9.01. The first-order valence-electron chi connectivity index (χ1n) is 5.62. The highest BCUT2D eigenvalue weighted by Gasteiger charge is 2.22. The lowest BCUT2D eigenvalue weighted by atomic mass is 9.93. The third-order valence-electron chi connectivity index (χ3n) is 3.14. The van der Waals surface area contributed by atoms with Gasteiger partial charge in [-0.1, -0.05) is 20.3 Å². The summed E-state index contributed by atoms with van der Waals surface area (Å²) in [4.78, 5) is 2.57. The van der Waals surface area contributed by atoms with E-state index in [9.17, 15) is 0 Å². The topological polar surface area (TPSA) is 23.5 Å². The van der Waals surface area contributed by atoms with E-state index < -0.39 is 0 Å². The fraction of sp³-hybridized carbons (Fsp3) is 1.00. The van der Waals surface area contributed by atoms with E-state index in [2.05, 4.69) is 18.7 Å². The fourth-order valence-corrected chi connectivity index (χ4v) is 2.28. The lowest BCUT2D eigenvalue weighted by Gasteiger charge is -2.36. The SMILES string of the molecule is CCN1CCCCC1CC(C)CO. The van der Waals surface area contributed by atoms with Crippen molar-refractivity contribution in [1.29, 1.82) is 0 Å². The monoisotopic (exact) mass is 185 g/mol. The fourth-order valence-electron chi connectivity index (χ4n) is 2.28.